The molecule has 1 aliphatic carbocycles. The molecule has 2 aromatic rings. The number of hydrogen-bond donors (Lipinski definition) is 0. The van der Waals surface area contributed by atoms with E-state index in [4.69, 9.17) is 5.26 Å². The molecular formula is C14H11N. The molecule has 0 amide bonds. The van der Waals surface area contributed by atoms with Crippen LogP contribution in [0.25, 0.3) is 10.8 Å². The van der Waals surface area contributed by atoms with E-state index < -0.39 is 0 Å². The highest BCUT2D eigenvalue weighted by atomic mass is 14.3. The standard InChI is InChI=1S/C14H11N/c15-9-12-8-7-11-4-1-3-10-5-2-6-13(12)14(10)11/h1-6,12H,7-8H2/t12-/m0/s1. The van der Waals surface area contributed by atoms with Gasteiger partial charge >= 0.3 is 0 Å². The van der Waals surface area contributed by atoms with Crippen molar-refractivity contribution in [2.24, 2.45) is 0 Å². The van der Waals surface area contributed by atoms with Crippen molar-refractivity contribution in [3.05, 3.63) is 47.5 Å². The molecule has 0 spiro atoms. The molecule has 0 radical (unpaired) electrons. The average Bonchev–Trinajstić information content (AvgIpc) is 2.30. The molecule has 2 aromatic carbocycles. The quantitative estimate of drug-likeness (QED) is 0.629. The van der Waals surface area contributed by atoms with E-state index >= 15 is 0 Å². The van der Waals surface area contributed by atoms with Crippen molar-refractivity contribution in [3.63, 3.8) is 0 Å². The van der Waals surface area contributed by atoms with Crippen LogP contribution >= 0.6 is 0 Å². The second-order valence-corrected chi connectivity index (χ2v) is 4.08. The van der Waals surface area contributed by atoms with Crippen molar-refractivity contribution in [1.29, 1.82) is 5.26 Å². The molecule has 3 rings (SSSR count). The highest BCUT2D eigenvalue weighted by Crippen LogP contribution is 2.35. The molecule has 0 saturated carbocycles. The van der Waals surface area contributed by atoms with Crippen LogP contribution in [0.4, 0.5) is 0 Å². The summed E-state index contributed by atoms with van der Waals surface area (Å²) in [7, 11) is 0. The predicted octanol–water partition coefficient (Wildman–Crippen LogP) is 3.39. The molecule has 0 N–H and O–H groups in total. The summed E-state index contributed by atoms with van der Waals surface area (Å²) in [5.74, 6) is 0.0867. The van der Waals surface area contributed by atoms with Gasteiger partial charge in [0.1, 0.15) is 0 Å². The summed E-state index contributed by atoms with van der Waals surface area (Å²) in [5, 5.41) is 11.7. The first-order valence-corrected chi connectivity index (χ1v) is 5.30. The molecule has 1 aliphatic rings. The average molecular weight is 193 g/mol. The fraction of sp³-hybridized carbons (Fsp3) is 0.214. The van der Waals surface area contributed by atoms with Crippen LogP contribution in [0, 0.1) is 11.3 Å². The molecule has 0 fully saturated rings. The summed E-state index contributed by atoms with van der Waals surface area (Å²) in [6.07, 6.45) is 2.00. The Morgan fingerprint density at radius 3 is 2.73 bits per heavy atom. The maximum atomic E-state index is 9.12. The number of benzene rings is 2. The van der Waals surface area contributed by atoms with Crippen LogP contribution in [0.3, 0.4) is 0 Å². The smallest absolute Gasteiger partial charge is 0.0722 e. The summed E-state index contributed by atoms with van der Waals surface area (Å²) >= 11 is 0. The van der Waals surface area contributed by atoms with Gasteiger partial charge in [-0.25, -0.2) is 0 Å². The monoisotopic (exact) mass is 193 g/mol. The number of hydrogen-bond acceptors (Lipinski definition) is 1. The van der Waals surface area contributed by atoms with Crippen LogP contribution in [-0.4, -0.2) is 0 Å². The van der Waals surface area contributed by atoms with E-state index in [1.165, 1.54) is 21.9 Å². The van der Waals surface area contributed by atoms with Gasteiger partial charge in [0.15, 0.2) is 0 Å². The Morgan fingerprint density at radius 1 is 1.13 bits per heavy atom. The van der Waals surface area contributed by atoms with Gasteiger partial charge in [-0.15, -0.1) is 0 Å². The lowest BCUT2D eigenvalue weighted by molar-refractivity contribution is 0.735. The van der Waals surface area contributed by atoms with Crippen LogP contribution in [0.5, 0.6) is 0 Å². The van der Waals surface area contributed by atoms with Crippen LogP contribution in [0.15, 0.2) is 36.4 Å². The van der Waals surface area contributed by atoms with Crippen molar-refractivity contribution >= 4 is 10.8 Å². The third kappa shape index (κ3) is 1.15. The fourth-order valence-electron chi connectivity index (χ4n) is 2.54. The Bertz CT molecular complexity index is 558. The summed E-state index contributed by atoms with van der Waals surface area (Å²) in [6, 6.07) is 15.1. The minimum Gasteiger partial charge on any atom is -0.198 e. The normalized spacial score (nSPS) is 18.7. The number of nitriles is 1. The van der Waals surface area contributed by atoms with Crippen LogP contribution in [-0.2, 0) is 6.42 Å². The van der Waals surface area contributed by atoms with Gasteiger partial charge in [0.25, 0.3) is 0 Å². The van der Waals surface area contributed by atoms with E-state index in [0.29, 0.717) is 0 Å². The lowest BCUT2D eigenvalue weighted by atomic mass is 9.82. The van der Waals surface area contributed by atoms with Crippen molar-refractivity contribution in [2.75, 3.05) is 0 Å². The van der Waals surface area contributed by atoms with Gasteiger partial charge in [-0.05, 0) is 34.7 Å². The molecule has 0 saturated heterocycles. The number of aryl methyl sites for hydroxylation is 1. The van der Waals surface area contributed by atoms with Gasteiger partial charge in [-0.2, -0.15) is 5.26 Å². The topological polar surface area (TPSA) is 23.8 Å². The van der Waals surface area contributed by atoms with Gasteiger partial charge < -0.3 is 0 Å². The second kappa shape index (κ2) is 3.10. The van der Waals surface area contributed by atoms with E-state index in [1.54, 1.807) is 0 Å². The molecule has 72 valence electrons. The van der Waals surface area contributed by atoms with Gasteiger partial charge in [0, 0.05) is 0 Å². The van der Waals surface area contributed by atoms with Crippen LogP contribution < -0.4 is 0 Å². The Morgan fingerprint density at radius 2 is 1.93 bits per heavy atom. The highest BCUT2D eigenvalue weighted by molar-refractivity contribution is 5.90. The Kier molecular flexibility index (Phi) is 1.76. The summed E-state index contributed by atoms with van der Waals surface area (Å²) in [4.78, 5) is 0. The van der Waals surface area contributed by atoms with Crippen molar-refractivity contribution < 1.29 is 0 Å². The highest BCUT2D eigenvalue weighted by Gasteiger charge is 2.20. The maximum absolute atomic E-state index is 9.12. The Balaban J connectivity index is 2.42. The van der Waals surface area contributed by atoms with Crippen molar-refractivity contribution in [2.45, 2.75) is 18.8 Å². The van der Waals surface area contributed by atoms with E-state index in [1.807, 2.05) is 0 Å². The molecule has 0 heterocycles. The molecule has 1 nitrogen and oxygen atoms in total. The van der Waals surface area contributed by atoms with Gasteiger partial charge in [0.2, 0.25) is 0 Å². The third-order valence-corrected chi connectivity index (χ3v) is 3.26. The summed E-state index contributed by atoms with van der Waals surface area (Å²) in [6.45, 7) is 0. The minimum absolute atomic E-state index is 0.0867. The molecule has 15 heavy (non-hydrogen) atoms. The maximum Gasteiger partial charge on any atom is 0.0722 e. The first kappa shape index (κ1) is 8.49. The predicted molar refractivity (Wildman–Crippen MR) is 60.6 cm³/mol. The lowest BCUT2D eigenvalue weighted by Crippen LogP contribution is -2.06. The fourth-order valence-corrected chi connectivity index (χ4v) is 2.54. The Labute approximate surface area is 89.0 Å². The van der Waals surface area contributed by atoms with E-state index in [0.717, 1.165) is 12.8 Å². The second-order valence-electron chi connectivity index (χ2n) is 4.08. The Hall–Kier alpha value is -1.81. The van der Waals surface area contributed by atoms with Gasteiger partial charge in [-0.3, -0.25) is 0 Å². The summed E-state index contributed by atoms with van der Waals surface area (Å²) < 4.78 is 0. The molecule has 0 aromatic heterocycles. The molecule has 0 aliphatic heterocycles. The zero-order valence-corrected chi connectivity index (χ0v) is 8.40. The first-order valence-electron chi connectivity index (χ1n) is 5.30. The number of rotatable bonds is 0. The molecule has 0 bridgehead atoms. The lowest BCUT2D eigenvalue weighted by Gasteiger charge is -2.20. The SMILES string of the molecule is N#C[C@@H]1CCc2cccc3cccc1c23. The minimum atomic E-state index is 0.0867. The number of nitrogens with zero attached hydrogens (tertiary/aromatic N) is 1. The zero-order valence-electron chi connectivity index (χ0n) is 8.40. The molecule has 0 unspecified atom stereocenters. The first-order chi connectivity index (χ1) is 7.40. The van der Waals surface area contributed by atoms with Crippen molar-refractivity contribution in [1.82, 2.24) is 0 Å². The van der Waals surface area contributed by atoms with E-state index in [-0.39, 0.29) is 5.92 Å². The van der Waals surface area contributed by atoms with Gasteiger partial charge in [0.05, 0.1) is 12.0 Å². The largest absolute Gasteiger partial charge is 0.198 e. The van der Waals surface area contributed by atoms with Crippen LogP contribution in [0.1, 0.15) is 23.5 Å². The molecule has 1 atom stereocenters. The third-order valence-electron chi connectivity index (χ3n) is 3.26. The van der Waals surface area contributed by atoms with E-state index in [9.17, 15) is 0 Å². The summed E-state index contributed by atoms with van der Waals surface area (Å²) in [5.41, 5.74) is 2.62. The van der Waals surface area contributed by atoms with Crippen LogP contribution in [0.2, 0.25) is 0 Å². The van der Waals surface area contributed by atoms with Crippen molar-refractivity contribution in [3.8, 4) is 6.07 Å². The molecular weight excluding hydrogens is 182 g/mol. The van der Waals surface area contributed by atoms with E-state index in [2.05, 4.69) is 42.5 Å². The zero-order chi connectivity index (χ0) is 10.3. The van der Waals surface area contributed by atoms with Gasteiger partial charge in [-0.1, -0.05) is 36.4 Å². The molecule has 1 heteroatoms.